The van der Waals surface area contributed by atoms with Gasteiger partial charge in [-0.05, 0) is 134 Å². The van der Waals surface area contributed by atoms with Crippen molar-refractivity contribution in [3.8, 4) is 56.6 Å². The fourth-order valence-electron chi connectivity index (χ4n) is 9.17. The molecule has 0 atom stereocenters. The number of benzene rings is 11. The van der Waals surface area contributed by atoms with Crippen LogP contribution < -0.4 is 0 Å². The van der Waals surface area contributed by atoms with Crippen LogP contribution in [0.2, 0.25) is 0 Å². The van der Waals surface area contributed by atoms with Crippen LogP contribution in [0.5, 0.6) is 0 Å². The number of fused-ring (bicyclic) bond motifs is 12. The molecule has 0 spiro atoms. The molecule has 2 nitrogen and oxygen atoms in total. The summed E-state index contributed by atoms with van der Waals surface area (Å²) in [6.45, 7) is 0. The number of hydrogen-bond acceptors (Lipinski definition) is 2. The van der Waals surface area contributed by atoms with Crippen molar-refractivity contribution >= 4 is 64.6 Å². The van der Waals surface area contributed by atoms with Crippen LogP contribution in [0.25, 0.3) is 109 Å². The van der Waals surface area contributed by atoms with Crippen LogP contribution in [0.15, 0.2) is 194 Å². The zero-order valence-corrected chi connectivity index (χ0v) is 31.4. The van der Waals surface area contributed by atoms with Crippen molar-refractivity contribution in [2.75, 3.05) is 0 Å². The van der Waals surface area contributed by atoms with Crippen molar-refractivity contribution in [2.45, 2.75) is 0 Å². The summed E-state index contributed by atoms with van der Waals surface area (Å²) in [7, 11) is 0. The van der Waals surface area contributed by atoms with Crippen molar-refractivity contribution in [3.63, 3.8) is 0 Å². The Hall–Kier alpha value is -8.04. The largest absolute Gasteiger partial charge is 0.192 e. The molecule has 0 aliphatic carbocycles. The quantitative estimate of drug-likeness (QED) is 0.169. The standard InChI is InChI=1S/C56H32N2/c57-33-41-32-54(40-14-10-12-36(28-40)38-24-26-52-48-20-4-2-16-44(48)46-18-6-8-22-50(46)56(52)30-38)42(34-58)31-53(41)39-13-9-11-35(27-39)37-23-25-51-47-19-3-1-15-43(47)45-17-5-7-21-49(45)55(51)29-37/h1-32H. The van der Waals surface area contributed by atoms with Crippen molar-refractivity contribution in [1.29, 1.82) is 10.5 Å². The molecule has 0 unspecified atom stereocenters. The van der Waals surface area contributed by atoms with Gasteiger partial charge in [-0.2, -0.15) is 10.5 Å². The smallest absolute Gasteiger partial charge is 0.0998 e. The lowest BCUT2D eigenvalue weighted by atomic mass is 9.88. The van der Waals surface area contributed by atoms with Crippen LogP contribution in [-0.4, -0.2) is 0 Å². The Morgan fingerprint density at radius 2 is 0.500 bits per heavy atom. The van der Waals surface area contributed by atoms with E-state index in [1.807, 2.05) is 36.4 Å². The van der Waals surface area contributed by atoms with E-state index in [4.69, 9.17) is 0 Å². The Balaban J connectivity index is 0.996. The summed E-state index contributed by atoms with van der Waals surface area (Å²) >= 11 is 0. The summed E-state index contributed by atoms with van der Waals surface area (Å²) < 4.78 is 0. The number of rotatable bonds is 4. The van der Waals surface area contributed by atoms with Crippen molar-refractivity contribution in [1.82, 2.24) is 0 Å². The van der Waals surface area contributed by atoms with Gasteiger partial charge in [0.15, 0.2) is 0 Å². The summed E-state index contributed by atoms with van der Waals surface area (Å²) in [6.07, 6.45) is 0. The number of nitriles is 2. The molecule has 0 saturated heterocycles. The zero-order valence-electron chi connectivity index (χ0n) is 31.4. The molecule has 266 valence electrons. The molecule has 0 amide bonds. The Morgan fingerprint density at radius 1 is 0.224 bits per heavy atom. The van der Waals surface area contributed by atoms with E-state index in [1.165, 1.54) is 64.6 Å². The first-order chi connectivity index (χ1) is 28.7. The lowest BCUT2D eigenvalue weighted by molar-refractivity contribution is 1.44. The summed E-state index contributed by atoms with van der Waals surface area (Å²) in [5, 5.41) is 35.9. The molecular weight excluding hydrogens is 701 g/mol. The average molecular weight is 733 g/mol. The summed E-state index contributed by atoms with van der Waals surface area (Å²) in [5.41, 5.74) is 8.61. The third-order valence-electron chi connectivity index (χ3n) is 11.9. The highest BCUT2D eigenvalue weighted by molar-refractivity contribution is 6.27. The maximum Gasteiger partial charge on any atom is 0.0998 e. The fourth-order valence-corrected chi connectivity index (χ4v) is 9.17. The van der Waals surface area contributed by atoms with Crippen LogP contribution in [0.3, 0.4) is 0 Å². The Labute approximate surface area is 335 Å². The van der Waals surface area contributed by atoms with Crippen molar-refractivity contribution in [3.05, 3.63) is 205 Å². The normalized spacial score (nSPS) is 11.4. The van der Waals surface area contributed by atoms with Gasteiger partial charge in [0.1, 0.15) is 0 Å². The summed E-state index contributed by atoms with van der Waals surface area (Å²) in [4.78, 5) is 0. The molecule has 0 N–H and O–H groups in total. The molecular formula is C56H32N2. The minimum Gasteiger partial charge on any atom is -0.192 e. The van der Waals surface area contributed by atoms with Crippen LogP contribution >= 0.6 is 0 Å². The van der Waals surface area contributed by atoms with Gasteiger partial charge in [-0.15, -0.1) is 0 Å². The third kappa shape index (κ3) is 5.25. The Bertz CT molecular complexity index is 3290. The fraction of sp³-hybridized carbons (Fsp3) is 0. The van der Waals surface area contributed by atoms with E-state index in [-0.39, 0.29) is 0 Å². The SMILES string of the molecule is N#Cc1cc(-c2cccc(-c3ccc4c5ccccc5c5ccccc5c4c3)c2)c(C#N)cc1-c1cccc(-c2ccc3c4ccccc4c4ccccc4c3c2)c1. The first kappa shape index (κ1) is 33.3. The predicted octanol–water partition coefficient (Wildman–Crippen LogP) is 15.0. The summed E-state index contributed by atoms with van der Waals surface area (Å²) in [6, 6.07) is 73.1. The van der Waals surface area contributed by atoms with E-state index in [1.54, 1.807) is 0 Å². The maximum absolute atomic E-state index is 10.6. The molecule has 0 radical (unpaired) electrons. The minimum absolute atomic E-state index is 0.525. The van der Waals surface area contributed by atoms with Gasteiger partial charge in [-0.1, -0.05) is 158 Å². The summed E-state index contributed by atoms with van der Waals surface area (Å²) in [5.74, 6) is 0. The molecule has 0 aliphatic heterocycles. The molecule has 0 saturated carbocycles. The molecule has 11 rings (SSSR count). The first-order valence-electron chi connectivity index (χ1n) is 19.5. The highest BCUT2D eigenvalue weighted by Crippen LogP contribution is 2.41. The van der Waals surface area contributed by atoms with Gasteiger partial charge in [0.05, 0.1) is 23.3 Å². The molecule has 2 heteroatoms. The van der Waals surface area contributed by atoms with E-state index in [2.05, 4.69) is 170 Å². The van der Waals surface area contributed by atoms with E-state index < -0.39 is 0 Å². The minimum atomic E-state index is 0.525. The maximum atomic E-state index is 10.6. The third-order valence-corrected chi connectivity index (χ3v) is 11.9. The van der Waals surface area contributed by atoms with Gasteiger partial charge >= 0.3 is 0 Å². The lowest BCUT2D eigenvalue weighted by Crippen LogP contribution is -1.93. The van der Waals surface area contributed by atoms with Gasteiger partial charge < -0.3 is 0 Å². The van der Waals surface area contributed by atoms with Crippen molar-refractivity contribution < 1.29 is 0 Å². The van der Waals surface area contributed by atoms with E-state index in [0.29, 0.717) is 11.1 Å². The topological polar surface area (TPSA) is 47.6 Å². The second-order valence-corrected chi connectivity index (χ2v) is 15.0. The highest BCUT2D eigenvalue weighted by Gasteiger charge is 2.16. The van der Waals surface area contributed by atoms with Crippen LogP contribution in [-0.2, 0) is 0 Å². The first-order valence-corrected chi connectivity index (χ1v) is 19.5. The van der Waals surface area contributed by atoms with Crippen LogP contribution in [0.1, 0.15) is 11.1 Å². The van der Waals surface area contributed by atoms with E-state index in [9.17, 15) is 10.5 Å². The molecule has 11 aromatic carbocycles. The van der Waals surface area contributed by atoms with Crippen molar-refractivity contribution in [2.24, 2.45) is 0 Å². The molecule has 0 aliphatic rings. The van der Waals surface area contributed by atoms with E-state index >= 15 is 0 Å². The van der Waals surface area contributed by atoms with Gasteiger partial charge in [0, 0.05) is 11.1 Å². The molecule has 0 heterocycles. The monoisotopic (exact) mass is 732 g/mol. The molecule has 0 fully saturated rings. The van der Waals surface area contributed by atoms with E-state index in [0.717, 1.165) is 44.5 Å². The molecule has 58 heavy (non-hydrogen) atoms. The second-order valence-electron chi connectivity index (χ2n) is 15.0. The second kappa shape index (κ2) is 13.3. The predicted molar refractivity (Wildman–Crippen MR) is 243 cm³/mol. The van der Waals surface area contributed by atoms with Gasteiger partial charge in [0.25, 0.3) is 0 Å². The molecule has 0 aromatic heterocycles. The van der Waals surface area contributed by atoms with Gasteiger partial charge in [-0.3, -0.25) is 0 Å². The Morgan fingerprint density at radius 3 is 0.828 bits per heavy atom. The van der Waals surface area contributed by atoms with Crippen LogP contribution in [0, 0.1) is 22.7 Å². The average Bonchev–Trinajstić information content (AvgIpc) is 3.31. The Kier molecular flexibility index (Phi) is 7.65. The number of nitrogens with zero attached hydrogens (tertiary/aromatic N) is 2. The molecule has 0 bridgehead atoms. The zero-order chi connectivity index (χ0) is 38.7. The van der Waals surface area contributed by atoms with Gasteiger partial charge in [0.2, 0.25) is 0 Å². The lowest BCUT2D eigenvalue weighted by Gasteiger charge is -2.14. The molecule has 11 aromatic rings. The van der Waals surface area contributed by atoms with Crippen LogP contribution in [0.4, 0.5) is 0 Å². The highest BCUT2D eigenvalue weighted by atomic mass is 14.3. The number of hydrogen-bond donors (Lipinski definition) is 0. The van der Waals surface area contributed by atoms with Gasteiger partial charge in [-0.25, -0.2) is 0 Å².